The van der Waals surface area contributed by atoms with E-state index in [0.29, 0.717) is 12.0 Å². The summed E-state index contributed by atoms with van der Waals surface area (Å²) >= 11 is 0. The van der Waals surface area contributed by atoms with Gasteiger partial charge in [-0.25, -0.2) is 0 Å². The highest BCUT2D eigenvalue weighted by Gasteiger charge is 2.75. The Morgan fingerprint density at radius 2 is 1.72 bits per heavy atom. The molecule has 0 amide bonds. The molecule has 2 spiro atoms. The normalized spacial score (nSPS) is 31.6. The van der Waals surface area contributed by atoms with Gasteiger partial charge in [-0.3, -0.25) is 0 Å². The van der Waals surface area contributed by atoms with E-state index in [9.17, 15) is 0 Å². The van der Waals surface area contributed by atoms with Gasteiger partial charge in [-0.05, 0) is 86.2 Å². The van der Waals surface area contributed by atoms with E-state index in [-0.39, 0.29) is 17.1 Å². The van der Waals surface area contributed by atoms with Crippen molar-refractivity contribution in [3.8, 4) is 34.5 Å². The van der Waals surface area contributed by atoms with Crippen LogP contribution in [0.5, 0.6) is 34.5 Å². The van der Waals surface area contributed by atoms with E-state index in [0.717, 1.165) is 85.3 Å². The summed E-state index contributed by atoms with van der Waals surface area (Å²) in [5, 5.41) is 0. The molecule has 5 aliphatic heterocycles. The Bertz CT molecular complexity index is 1800. The lowest BCUT2D eigenvalue weighted by molar-refractivity contribution is 0.00384. The Kier molecular flexibility index (Phi) is 4.57. The number of piperidine rings is 1. The summed E-state index contributed by atoms with van der Waals surface area (Å²) in [5.41, 5.74) is 9.06. The van der Waals surface area contributed by atoms with Crippen molar-refractivity contribution in [1.29, 1.82) is 0 Å². The third-order valence-electron chi connectivity index (χ3n) is 12.2. The Labute approximate surface area is 251 Å². The number of likely N-dealkylation sites (N-methyl/N-ethyl adjacent to an activating group) is 1. The third-order valence-corrected chi connectivity index (χ3v) is 12.2. The fourth-order valence-corrected chi connectivity index (χ4v) is 10.6. The standard InChI is InChI=1S/C36H36N2O5/c1-37-14-12-36-24-18-35(34(36)43-33-27(41-4)10-6-20(30(33)36)15-25(24)37)17-23-22-8-7-21(39-2)16-28(22)42-32-26(40-3)9-5-19-11-13-38(35)31(23)29(19)32/h5-10,16,24-25,34H,11-15,17-18H2,1-4H3/t24-,25+,34-,35+,36-/m1/s1. The van der Waals surface area contributed by atoms with E-state index in [1.807, 2.05) is 6.07 Å². The molecule has 3 aromatic rings. The number of rotatable bonds is 3. The predicted molar refractivity (Wildman–Crippen MR) is 163 cm³/mol. The molecule has 0 N–H and O–H groups in total. The van der Waals surface area contributed by atoms with Crippen LogP contribution in [0.3, 0.4) is 0 Å². The predicted octanol–water partition coefficient (Wildman–Crippen LogP) is 5.67. The van der Waals surface area contributed by atoms with Crippen LogP contribution in [0.25, 0.3) is 11.3 Å². The first-order chi connectivity index (χ1) is 21.0. The monoisotopic (exact) mass is 576 g/mol. The largest absolute Gasteiger partial charge is 0.497 e. The first-order valence-electron chi connectivity index (χ1n) is 15.7. The molecular weight excluding hydrogens is 540 g/mol. The van der Waals surface area contributed by atoms with Crippen molar-refractivity contribution < 1.29 is 23.7 Å². The van der Waals surface area contributed by atoms with E-state index < -0.39 is 0 Å². The van der Waals surface area contributed by atoms with Crippen molar-refractivity contribution in [2.45, 2.75) is 55.2 Å². The maximum atomic E-state index is 7.35. The van der Waals surface area contributed by atoms with Crippen LogP contribution in [0.4, 0.5) is 0 Å². The molecule has 220 valence electrons. The van der Waals surface area contributed by atoms with Crippen molar-refractivity contribution in [2.75, 3.05) is 41.5 Å². The number of fused-ring (bicyclic) bond motifs is 4. The molecule has 43 heavy (non-hydrogen) atoms. The summed E-state index contributed by atoms with van der Waals surface area (Å²) in [7, 11) is 7.56. The van der Waals surface area contributed by atoms with Crippen LogP contribution in [0.2, 0.25) is 0 Å². The zero-order valence-electron chi connectivity index (χ0n) is 25.2. The molecule has 2 fully saturated rings. The van der Waals surface area contributed by atoms with Crippen LogP contribution in [0, 0.1) is 5.92 Å². The molecule has 0 radical (unpaired) electrons. The number of likely N-dealkylation sites (tertiary alicyclic amines) is 1. The SMILES string of the molecule is COc1ccc2c(c1)Oc1c(OC)ccc3c1C1=C2C[C@@]2(C[C@@H]4[C@@H]5Cc6ccc(OC)c7c6[C@]4(CCN5C)[C@@H]2O7)N1CC3. The van der Waals surface area contributed by atoms with E-state index in [4.69, 9.17) is 23.7 Å². The second kappa shape index (κ2) is 8.00. The van der Waals surface area contributed by atoms with E-state index in [1.54, 1.807) is 21.3 Å². The second-order valence-electron chi connectivity index (χ2n) is 13.6. The first-order valence-corrected chi connectivity index (χ1v) is 15.7. The Morgan fingerprint density at radius 3 is 2.53 bits per heavy atom. The maximum absolute atomic E-state index is 7.35. The number of benzene rings is 3. The zero-order chi connectivity index (χ0) is 28.8. The fourth-order valence-electron chi connectivity index (χ4n) is 10.6. The van der Waals surface area contributed by atoms with Gasteiger partial charge in [-0.15, -0.1) is 0 Å². The average molecular weight is 577 g/mol. The second-order valence-corrected chi connectivity index (χ2v) is 13.6. The van der Waals surface area contributed by atoms with Crippen molar-refractivity contribution in [1.82, 2.24) is 9.80 Å². The van der Waals surface area contributed by atoms with E-state index in [2.05, 4.69) is 53.2 Å². The van der Waals surface area contributed by atoms with E-state index >= 15 is 0 Å². The highest BCUT2D eigenvalue weighted by molar-refractivity contribution is 6.00. The summed E-state index contributed by atoms with van der Waals surface area (Å²) in [5.74, 6) is 5.60. The molecule has 1 saturated carbocycles. The van der Waals surface area contributed by atoms with Gasteiger partial charge in [-0.1, -0.05) is 12.1 Å². The van der Waals surface area contributed by atoms with E-state index in [1.165, 1.54) is 33.5 Å². The smallest absolute Gasteiger partial charge is 0.178 e. The highest BCUT2D eigenvalue weighted by Crippen LogP contribution is 2.72. The average Bonchev–Trinajstić information content (AvgIpc) is 3.62. The van der Waals surface area contributed by atoms with Crippen molar-refractivity contribution in [3.05, 3.63) is 70.3 Å². The van der Waals surface area contributed by atoms with Crippen molar-refractivity contribution >= 4 is 11.3 Å². The fraction of sp³-hybridized carbons (Fsp3) is 0.444. The third kappa shape index (κ3) is 2.69. The van der Waals surface area contributed by atoms with Crippen LogP contribution in [0.15, 0.2) is 42.5 Å². The maximum Gasteiger partial charge on any atom is 0.178 e. The van der Waals surface area contributed by atoms with Gasteiger partial charge in [0.15, 0.2) is 23.0 Å². The van der Waals surface area contributed by atoms with Gasteiger partial charge in [0.05, 0.1) is 32.6 Å². The lowest BCUT2D eigenvalue weighted by Crippen LogP contribution is -2.61. The number of ether oxygens (including phenoxy) is 5. The molecule has 7 nitrogen and oxygen atoms in total. The topological polar surface area (TPSA) is 52.6 Å². The number of nitrogens with zero attached hydrogens (tertiary/aromatic N) is 2. The molecule has 10 rings (SSSR count). The van der Waals surface area contributed by atoms with Crippen LogP contribution in [-0.2, 0) is 18.3 Å². The van der Waals surface area contributed by atoms with Crippen molar-refractivity contribution in [2.24, 2.45) is 5.92 Å². The minimum Gasteiger partial charge on any atom is -0.497 e. The van der Waals surface area contributed by atoms with Crippen LogP contribution in [-0.4, -0.2) is 69.0 Å². The van der Waals surface area contributed by atoms with Crippen LogP contribution < -0.4 is 23.7 Å². The lowest BCUT2D eigenvalue weighted by Gasteiger charge is -2.52. The highest BCUT2D eigenvalue weighted by atomic mass is 16.5. The molecule has 3 aromatic carbocycles. The summed E-state index contributed by atoms with van der Waals surface area (Å²) in [6, 6.07) is 15.5. The summed E-state index contributed by atoms with van der Waals surface area (Å²) < 4.78 is 31.7. The lowest BCUT2D eigenvalue weighted by atomic mass is 9.58. The minimum absolute atomic E-state index is 0.00394. The van der Waals surface area contributed by atoms with Gasteiger partial charge in [0.1, 0.15) is 17.6 Å². The van der Waals surface area contributed by atoms with Crippen LogP contribution >= 0.6 is 0 Å². The molecule has 0 aromatic heterocycles. The van der Waals surface area contributed by atoms with Gasteiger partial charge >= 0.3 is 0 Å². The van der Waals surface area contributed by atoms with Gasteiger partial charge in [0.2, 0.25) is 0 Å². The molecular formula is C36H36N2O5. The Morgan fingerprint density at radius 1 is 0.907 bits per heavy atom. The molecule has 7 heteroatoms. The molecule has 2 bridgehead atoms. The van der Waals surface area contributed by atoms with Crippen LogP contribution in [0.1, 0.15) is 47.1 Å². The van der Waals surface area contributed by atoms with Gasteiger partial charge in [0, 0.05) is 47.2 Å². The number of hydrogen-bond acceptors (Lipinski definition) is 7. The molecule has 0 unspecified atom stereocenters. The molecule has 5 heterocycles. The Balaban J connectivity index is 1.22. The van der Waals surface area contributed by atoms with Gasteiger partial charge in [-0.2, -0.15) is 0 Å². The molecule has 5 atom stereocenters. The summed E-state index contributed by atoms with van der Waals surface area (Å²) in [6.07, 6.45) is 5.26. The summed E-state index contributed by atoms with van der Waals surface area (Å²) in [6.45, 7) is 2.06. The zero-order valence-corrected chi connectivity index (χ0v) is 25.2. The Hall–Kier alpha value is -3.84. The minimum atomic E-state index is -0.170. The van der Waals surface area contributed by atoms with Crippen molar-refractivity contribution in [3.63, 3.8) is 0 Å². The quantitative estimate of drug-likeness (QED) is 0.399. The molecule has 2 aliphatic carbocycles. The number of methoxy groups -OCH3 is 3. The molecule has 1 saturated heterocycles. The first kappa shape index (κ1) is 24.6. The molecule has 7 aliphatic rings. The van der Waals surface area contributed by atoms with Gasteiger partial charge in [0.25, 0.3) is 0 Å². The van der Waals surface area contributed by atoms with Gasteiger partial charge < -0.3 is 33.5 Å². The number of hydrogen-bond donors (Lipinski definition) is 0. The summed E-state index contributed by atoms with van der Waals surface area (Å²) in [4.78, 5) is 5.40.